The van der Waals surface area contributed by atoms with Crippen molar-refractivity contribution < 1.29 is 26.4 Å². The number of amides is 1. The Bertz CT molecular complexity index is 789. The zero-order chi connectivity index (χ0) is 21.1. The van der Waals surface area contributed by atoms with Crippen LogP contribution < -0.4 is 5.32 Å². The van der Waals surface area contributed by atoms with Gasteiger partial charge in [-0.05, 0) is 30.4 Å². The number of anilines is 1. The van der Waals surface area contributed by atoms with Crippen molar-refractivity contribution >= 4 is 21.8 Å². The van der Waals surface area contributed by atoms with Gasteiger partial charge in [0.05, 0.1) is 17.8 Å². The number of para-hydroxylation sites is 1. The molecule has 0 saturated carbocycles. The average Bonchev–Trinajstić information content (AvgIpc) is 2.58. The number of likely N-dealkylation sites (N-methyl/N-ethyl adjacent to an activating group) is 1. The Morgan fingerprint density at radius 3 is 2.32 bits per heavy atom. The summed E-state index contributed by atoms with van der Waals surface area (Å²) in [5.74, 6) is -0.422. The summed E-state index contributed by atoms with van der Waals surface area (Å²) in [5.41, 5.74) is -1.37. The molecule has 28 heavy (non-hydrogen) atoms. The SMILES string of the molecule is CCN(CC(=O)Nc1ccccc1C(F)(F)F)S(=O)(=O)N1CC(C)CC(C)C1. The molecule has 10 heteroatoms. The minimum Gasteiger partial charge on any atom is -0.324 e. The number of carbonyl (C=O) groups is 1. The van der Waals surface area contributed by atoms with E-state index in [1.807, 2.05) is 13.8 Å². The molecular weight excluding hydrogens is 395 g/mol. The van der Waals surface area contributed by atoms with Gasteiger partial charge in [-0.25, -0.2) is 0 Å². The molecular formula is C18H26F3N3O3S. The standard InChI is InChI=1S/C18H26F3N3O3S/c1-4-23(28(26,27)24-10-13(2)9-14(3)11-24)12-17(25)22-16-8-6-5-7-15(16)18(19,20)21/h5-8,13-14H,4,9-12H2,1-3H3,(H,22,25). The summed E-state index contributed by atoms with van der Waals surface area (Å²) < 4.78 is 67.4. The largest absolute Gasteiger partial charge is 0.418 e. The van der Waals surface area contributed by atoms with E-state index in [9.17, 15) is 26.4 Å². The van der Waals surface area contributed by atoms with E-state index in [0.29, 0.717) is 13.1 Å². The molecule has 1 aliphatic heterocycles. The molecule has 0 radical (unpaired) electrons. The first-order valence-corrected chi connectivity index (χ1v) is 10.6. The van der Waals surface area contributed by atoms with Gasteiger partial charge in [0.25, 0.3) is 10.2 Å². The maximum absolute atomic E-state index is 13.1. The summed E-state index contributed by atoms with van der Waals surface area (Å²) >= 11 is 0. The van der Waals surface area contributed by atoms with Crippen molar-refractivity contribution in [1.82, 2.24) is 8.61 Å². The van der Waals surface area contributed by atoms with E-state index in [1.165, 1.54) is 16.4 Å². The van der Waals surface area contributed by atoms with Gasteiger partial charge in [-0.2, -0.15) is 30.2 Å². The Labute approximate surface area is 163 Å². The number of hydrogen-bond donors (Lipinski definition) is 1. The lowest BCUT2D eigenvalue weighted by Gasteiger charge is -2.36. The van der Waals surface area contributed by atoms with E-state index in [4.69, 9.17) is 0 Å². The van der Waals surface area contributed by atoms with Gasteiger partial charge < -0.3 is 5.32 Å². The summed E-state index contributed by atoms with van der Waals surface area (Å²) in [7, 11) is -3.88. The molecule has 6 nitrogen and oxygen atoms in total. The lowest BCUT2D eigenvalue weighted by atomic mass is 9.94. The first-order valence-electron chi connectivity index (χ1n) is 9.16. The molecule has 2 unspecified atom stereocenters. The van der Waals surface area contributed by atoms with Gasteiger partial charge in [-0.1, -0.05) is 32.9 Å². The second-order valence-electron chi connectivity index (χ2n) is 7.29. The minimum atomic E-state index is -4.62. The molecule has 1 saturated heterocycles. The lowest BCUT2D eigenvalue weighted by Crippen LogP contribution is -2.51. The fourth-order valence-electron chi connectivity index (χ4n) is 3.50. The minimum absolute atomic E-state index is 0.0376. The van der Waals surface area contributed by atoms with Crippen molar-refractivity contribution in [2.45, 2.75) is 33.4 Å². The number of hydrogen-bond acceptors (Lipinski definition) is 3. The van der Waals surface area contributed by atoms with Crippen molar-refractivity contribution in [3.05, 3.63) is 29.8 Å². The van der Waals surface area contributed by atoms with Crippen molar-refractivity contribution in [3.8, 4) is 0 Å². The fraction of sp³-hybridized carbons (Fsp3) is 0.611. The highest BCUT2D eigenvalue weighted by Gasteiger charge is 2.36. The van der Waals surface area contributed by atoms with Gasteiger partial charge in [0.1, 0.15) is 0 Å². The summed E-state index contributed by atoms with van der Waals surface area (Å²) in [6.07, 6.45) is -3.70. The number of carbonyl (C=O) groups excluding carboxylic acids is 1. The Balaban J connectivity index is 2.14. The molecule has 1 amide bonds. The van der Waals surface area contributed by atoms with Crippen molar-refractivity contribution in [2.75, 3.05) is 31.5 Å². The number of rotatable bonds is 6. The highest BCUT2D eigenvalue weighted by molar-refractivity contribution is 7.86. The van der Waals surface area contributed by atoms with E-state index in [-0.39, 0.29) is 18.4 Å². The Kier molecular flexibility index (Phi) is 7.11. The summed E-state index contributed by atoms with van der Waals surface area (Å²) in [5, 5.41) is 2.19. The predicted molar refractivity (Wildman–Crippen MR) is 101 cm³/mol. The molecule has 0 bridgehead atoms. The van der Waals surface area contributed by atoms with Crippen LogP contribution >= 0.6 is 0 Å². The second kappa shape index (κ2) is 8.79. The van der Waals surface area contributed by atoms with Crippen LogP contribution in [0.15, 0.2) is 24.3 Å². The van der Waals surface area contributed by atoms with Crippen LogP contribution in [0.4, 0.5) is 18.9 Å². The number of benzene rings is 1. The highest BCUT2D eigenvalue weighted by Crippen LogP contribution is 2.34. The first-order chi connectivity index (χ1) is 12.9. The van der Waals surface area contributed by atoms with E-state index >= 15 is 0 Å². The van der Waals surface area contributed by atoms with Gasteiger partial charge in [-0.15, -0.1) is 0 Å². The van der Waals surface area contributed by atoms with Crippen LogP contribution in [-0.2, 0) is 21.2 Å². The first kappa shape index (κ1) is 22.6. The van der Waals surface area contributed by atoms with E-state index in [2.05, 4.69) is 5.32 Å². The van der Waals surface area contributed by atoms with Gasteiger partial charge in [0.2, 0.25) is 5.91 Å². The quantitative estimate of drug-likeness (QED) is 0.767. The van der Waals surface area contributed by atoms with Gasteiger partial charge in [0.15, 0.2) is 0 Å². The molecule has 0 aromatic heterocycles. The number of piperidine rings is 1. The second-order valence-corrected chi connectivity index (χ2v) is 9.22. The Morgan fingerprint density at radius 2 is 1.79 bits per heavy atom. The summed E-state index contributed by atoms with van der Waals surface area (Å²) in [6.45, 7) is 5.74. The van der Waals surface area contributed by atoms with Crippen molar-refractivity contribution in [1.29, 1.82) is 0 Å². The van der Waals surface area contributed by atoms with Crippen molar-refractivity contribution in [2.24, 2.45) is 11.8 Å². The molecule has 2 rings (SSSR count). The Morgan fingerprint density at radius 1 is 1.21 bits per heavy atom. The third kappa shape index (κ3) is 5.45. The van der Waals surface area contributed by atoms with E-state index in [0.717, 1.165) is 22.9 Å². The van der Waals surface area contributed by atoms with Crippen LogP contribution in [0.3, 0.4) is 0 Å². The average molecular weight is 421 g/mol. The monoisotopic (exact) mass is 421 g/mol. The molecule has 1 N–H and O–H groups in total. The van der Waals surface area contributed by atoms with Crippen LogP contribution in [0.5, 0.6) is 0 Å². The van der Waals surface area contributed by atoms with E-state index < -0.39 is 40.1 Å². The molecule has 1 aromatic rings. The third-order valence-corrected chi connectivity index (χ3v) is 6.66. The molecule has 1 fully saturated rings. The zero-order valence-corrected chi connectivity index (χ0v) is 17.0. The van der Waals surface area contributed by atoms with E-state index in [1.54, 1.807) is 6.92 Å². The molecule has 1 aliphatic rings. The summed E-state index contributed by atoms with van der Waals surface area (Å²) in [6, 6.07) is 4.59. The van der Waals surface area contributed by atoms with Crippen LogP contribution in [0.2, 0.25) is 0 Å². The molecule has 1 aromatic carbocycles. The smallest absolute Gasteiger partial charge is 0.324 e. The van der Waals surface area contributed by atoms with Gasteiger partial charge in [-0.3, -0.25) is 4.79 Å². The van der Waals surface area contributed by atoms with Crippen LogP contribution in [0, 0.1) is 11.8 Å². The fourth-order valence-corrected chi connectivity index (χ4v) is 5.32. The molecule has 2 atom stereocenters. The Hall–Kier alpha value is -1.65. The zero-order valence-electron chi connectivity index (χ0n) is 16.2. The highest BCUT2D eigenvalue weighted by atomic mass is 32.2. The number of nitrogens with zero attached hydrogens (tertiary/aromatic N) is 2. The maximum atomic E-state index is 13.1. The molecule has 158 valence electrons. The molecule has 0 spiro atoms. The summed E-state index contributed by atoms with van der Waals surface area (Å²) in [4.78, 5) is 12.3. The molecule has 1 heterocycles. The maximum Gasteiger partial charge on any atom is 0.418 e. The van der Waals surface area contributed by atoms with Gasteiger partial charge in [0, 0.05) is 19.6 Å². The van der Waals surface area contributed by atoms with Crippen LogP contribution in [0.25, 0.3) is 0 Å². The normalized spacial score (nSPS) is 21.7. The lowest BCUT2D eigenvalue weighted by molar-refractivity contribution is -0.137. The number of halogens is 3. The van der Waals surface area contributed by atoms with Crippen LogP contribution in [0.1, 0.15) is 32.8 Å². The van der Waals surface area contributed by atoms with Gasteiger partial charge >= 0.3 is 6.18 Å². The van der Waals surface area contributed by atoms with Crippen molar-refractivity contribution in [3.63, 3.8) is 0 Å². The van der Waals surface area contributed by atoms with Crippen LogP contribution in [-0.4, -0.2) is 49.1 Å². The number of nitrogens with one attached hydrogen (secondary N) is 1. The number of alkyl halides is 3. The molecule has 0 aliphatic carbocycles. The topological polar surface area (TPSA) is 69.7 Å². The predicted octanol–water partition coefficient (Wildman–Crippen LogP) is 3.19. The third-order valence-electron chi connectivity index (χ3n) is 4.67.